The molecule has 0 fully saturated rings. The molecule has 0 saturated heterocycles. The average Bonchev–Trinajstić information content (AvgIpc) is 2.47. The number of nitrogens with two attached hydrogens (primary N) is 1. The third-order valence-electron chi connectivity index (χ3n) is 3.65. The van der Waals surface area contributed by atoms with Crippen molar-refractivity contribution in [3.05, 3.63) is 35.2 Å². The lowest BCUT2D eigenvalue weighted by molar-refractivity contribution is 0.126. The summed E-state index contributed by atoms with van der Waals surface area (Å²) in [4.78, 5) is 2.22. The third kappa shape index (κ3) is 5.90. The molecule has 0 heterocycles. The predicted molar refractivity (Wildman–Crippen MR) is 85.1 cm³/mol. The summed E-state index contributed by atoms with van der Waals surface area (Å²) in [6.45, 7) is 9.07. The molecule has 0 aromatic carbocycles. The Kier molecular flexibility index (Phi) is 7.59. The van der Waals surface area contributed by atoms with Gasteiger partial charge in [0.25, 0.3) is 0 Å². The van der Waals surface area contributed by atoms with Crippen LogP contribution in [0.4, 0.5) is 0 Å². The Balaban J connectivity index is 2.56. The van der Waals surface area contributed by atoms with Crippen molar-refractivity contribution in [3.63, 3.8) is 0 Å². The fraction of sp³-hybridized carbons (Fsp3) is 0.625. The van der Waals surface area contributed by atoms with Gasteiger partial charge in [-0.15, -0.1) is 0 Å². The minimum absolute atomic E-state index is 0.315. The quantitative estimate of drug-likeness (QED) is 0.633. The number of rotatable bonds is 8. The maximum Gasteiger partial charge on any atom is 0.0789 e. The highest BCUT2D eigenvalue weighted by molar-refractivity contribution is 5.22. The molecule has 1 rings (SSSR count). The Hall–Kier alpha value is -1.10. The zero-order valence-corrected chi connectivity index (χ0v) is 13.0. The van der Waals surface area contributed by atoms with Crippen molar-refractivity contribution in [2.24, 2.45) is 5.73 Å². The number of hydrogen-bond acceptors (Lipinski definition) is 4. The average molecular weight is 279 g/mol. The molecule has 114 valence electrons. The molecule has 4 nitrogen and oxygen atoms in total. The molecule has 0 spiro atoms. The van der Waals surface area contributed by atoms with Crippen LogP contribution in [0.5, 0.6) is 0 Å². The Labute approximate surface area is 123 Å². The smallest absolute Gasteiger partial charge is 0.0789 e. The van der Waals surface area contributed by atoms with Gasteiger partial charge < -0.3 is 16.2 Å². The van der Waals surface area contributed by atoms with Crippen LogP contribution in [0, 0.1) is 0 Å². The number of nitrogens with one attached hydrogen (secondary N) is 1. The van der Waals surface area contributed by atoms with Crippen LogP contribution in [0.2, 0.25) is 0 Å². The van der Waals surface area contributed by atoms with Gasteiger partial charge >= 0.3 is 0 Å². The van der Waals surface area contributed by atoms with Gasteiger partial charge in [-0.3, -0.25) is 4.90 Å². The number of allylic oxidation sites excluding steroid dienone is 5. The van der Waals surface area contributed by atoms with Gasteiger partial charge in [0.2, 0.25) is 0 Å². The van der Waals surface area contributed by atoms with Gasteiger partial charge in [0.1, 0.15) is 0 Å². The van der Waals surface area contributed by atoms with Gasteiger partial charge in [-0.05, 0) is 44.9 Å². The normalized spacial score (nSPS) is 17.8. The lowest BCUT2D eigenvalue weighted by Crippen LogP contribution is -2.37. The zero-order valence-electron chi connectivity index (χ0n) is 13.0. The Morgan fingerprint density at radius 3 is 2.80 bits per heavy atom. The molecule has 4 N–H and O–H groups in total. The number of aliphatic hydroxyl groups excluding tert-OH is 1. The summed E-state index contributed by atoms with van der Waals surface area (Å²) in [6, 6.07) is 0. The first-order chi connectivity index (χ1) is 9.56. The summed E-state index contributed by atoms with van der Waals surface area (Å²) < 4.78 is 0. The molecular weight excluding hydrogens is 250 g/mol. The van der Waals surface area contributed by atoms with E-state index in [1.165, 1.54) is 17.0 Å². The van der Waals surface area contributed by atoms with E-state index in [-0.39, 0.29) is 0 Å². The second-order valence-corrected chi connectivity index (χ2v) is 5.41. The number of likely N-dealkylation sites (N-methyl/N-ethyl adjacent to an activating group) is 1. The summed E-state index contributed by atoms with van der Waals surface area (Å²) in [5.41, 5.74) is 9.25. The molecule has 0 radical (unpaired) electrons. The minimum Gasteiger partial charge on any atom is -0.390 e. The first-order valence-electron chi connectivity index (χ1n) is 7.46. The highest BCUT2D eigenvalue weighted by Gasteiger charge is 2.10. The maximum atomic E-state index is 9.66. The molecule has 1 aliphatic rings. The third-order valence-corrected chi connectivity index (χ3v) is 3.65. The number of hydrogen-bond donors (Lipinski definition) is 3. The van der Waals surface area contributed by atoms with E-state index in [0.717, 1.165) is 25.9 Å². The van der Waals surface area contributed by atoms with E-state index in [1.54, 1.807) is 0 Å². The predicted octanol–water partition coefficient (Wildman–Crippen LogP) is 1.75. The second-order valence-electron chi connectivity index (χ2n) is 5.41. The number of aliphatic hydroxyl groups is 1. The Morgan fingerprint density at radius 1 is 1.50 bits per heavy atom. The highest BCUT2D eigenvalue weighted by atomic mass is 16.3. The Bertz CT molecular complexity index is 385. The molecule has 0 amide bonds. The minimum atomic E-state index is -0.442. The Morgan fingerprint density at radius 2 is 2.25 bits per heavy atom. The van der Waals surface area contributed by atoms with E-state index in [9.17, 15) is 5.11 Å². The maximum absolute atomic E-state index is 9.66. The molecule has 4 heteroatoms. The summed E-state index contributed by atoms with van der Waals surface area (Å²) in [5.74, 6) is 0. The van der Waals surface area contributed by atoms with Crippen LogP contribution in [0.1, 0.15) is 33.6 Å². The first-order valence-corrected chi connectivity index (χ1v) is 7.46. The van der Waals surface area contributed by atoms with Crippen LogP contribution in [-0.4, -0.2) is 42.3 Å². The lowest BCUT2D eigenvalue weighted by atomic mass is 10.1. The van der Waals surface area contributed by atoms with Crippen molar-refractivity contribution >= 4 is 0 Å². The summed E-state index contributed by atoms with van der Waals surface area (Å²) in [7, 11) is 0. The lowest BCUT2D eigenvalue weighted by Gasteiger charge is -2.24. The molecule has 1 aliphatic carbocycles. The zero-order chi connectivity index (χ0) is 15.0. The van der Waals surface area contributed by atoms with Crippen LogP contribution < -0.4 is 11.1 Å². The van der Waals surface area contributed by atoms with Gasteiger partial charge in [0.15, 0.2) is 0 Å². The molecular formula is C16H29N3O. The molecule has 1 unspecified atom stereocenters. The topological polar surface area (TPSA) is 61.5 Å². The van der Waals surface area contributed by atoms with Gasteiger partial charge in [-0.25, -0.2) is 0 Å². The van der Waals surface area contributed by atoms with Gasteiger partial charge in [0.05, 0.1) is 6.10 Å². The van der Waals surface area contributed by atoms with E-state index >= 15 is 0 Å². The van der Waals surface area contributed by atoms with Crippen molar-refractivity contribution < 1.29 is 5.11 Å². The van der Waals surface area contributed by atoms with Crippen molar-refractivity contribution in [1.82, 2.24) is 10.2 Å². The van der Waals surface area contributed by atoms with Crippen LogP contribution in [0.15, 0.2) is 35.2 Å². The largest absolute Gasteiger partial charge is 0.390 e. The van der Waals surface area contributed by atoms with Gasteiger partial charge in [-0.1, -0.05) is 19.1 Å². The molecule has 0 aromatic rings. The number of nitrogens with zero attached hydrogens (tertiary/aromatic N) is 1. The standard InChI is InChI=1S/C16H29N3O/c1-4-19(12-16(20)10-17)11-13(2)14(3)18-15-8-6-5-7-9-15/h5-6,8,16,18,20H,4,7,9-12,17H2,1-3H3/b14-13+. The fourth-order valence-electron chi connectivity index (χ4n) is 2.19. The van der Waals surface area contributed by atoms with E-state index in [0.29, 0.717) is 13.1 Å². The van der Waals surface area contributed by atoms with Crippen molar-refractivity contribution in [2.45, 2.75) is 39.7 Å². The molecule has 0 saturated carbocycles. The van der Waals surface area contributed by atoms with E-state index in [2.05, 4.69) is 49.2 Å². The fourth-order valence-corrected chi connectivity index (χ4v) is 2.19. The van der Waals surface area contributed by atoms with Gasteiger partial charge in [-0.2, -0.15) is 0 Å². The molecule has 0 aliphatic heterocycles. The second kappa shape index (κ2) is 8.95. The van der Waals surface area contributed by atoms with Crippen molar-refractivity contribution in [2.75, 3.05) is 26.2 Å². The molecule has 1 atom stereocenters. The van der Waals surface area contributed by atoms with Crippen LogP contribution in [0.3, 0.4) is 0 Å². The van der Waals surface area contributed by atoms with Crippen LogP contribution in [0.25, 0.3) is 0 Å². The van der Waals surface area contributed by atoms with Crippen molar-refractivity contribution in [3.8, 4) is 0 Å². The highest BCUT2D eigenvalue weighted by Crippen LogP contribution is 2.12. The summed E-state index contributed by atoms with van der Waals surface area (Å²) in [6.07, 6.45) is 8.16. The first kappa shape index (κ1) is 17.0. The molecule has 0 aromatic heterocycles. The van der Waals surface area contributed by atoms with E-state index in [1.807, 2.05) is 0 Å². The van der Waals surface area contributed by atoms with Crippen LogP contribution in [-0.2, 0) is 0 Å². The summed E-state index contributed by atoms with van der Waals surface area (Å²) >= 11 is 0. The summed E-state index contributed by atoms with van der Waals surface area (Å²) in [5, 5.41) is 13.1. The van der Waals surface area contributed by atoms with Crippen LogP contribution >= 0.6 is 0 Å². The monoisotopic (exact) mass is 279 g/mol. The SMILES string of the molecule is CCN(C/C(C)=C(\C)NC1=CC=CCC1)CC(O)CN. The van der Waals surface area contributed by atoms with E-state index < -0.39 is 6.10 Å². The van der Waals surface area contributed by atoms with Crippen molar-refractivity contribution in [1.29, 1.82) is 0 Å². The molecule has 20 heavy (non-hydrogen) atoms. The molecule has 0 bridgehead atoms. The van der Waals surface area contributed by atoms with Gasteiger partial charge in [0, 0.05) is 31.0 Å². The van der Waals surface area contributed by atoms with E-state index in [4.69, 9.17) is 5.73 Å².